The molecule has 2 nitrogen and oxygen atoms in total. The lowest BCUT2D eigenvalue weighted by atomic mass is 9.89. The van der Waals surface area contributed by atoms with E-state index in [0.717, 1.165) is 17.7 Å². The summed E-state index contributed by atoms with van der Waals surface area (Å²) >= 11 is 1.91. The molecular weight excluding hydrogens is 228 g/mol. The first-order valence-electron chi connectivity index (χ1n) is 6.02. The highest BCUT2D eigenvalue weighted by atomic mass is 32.2. The fourth-order valence-corrected chi connectivity index (χ4v) is 2.73. The van der Waals surface area contributed by atoms with Gasteiger partial charge in [-0.25, -0.2) is 0 Å². The predicted molar refractivity (Wildman–Crippen MR) is 75.0 cm³/mol. The molecule has 0 spiro atoms. The van der Waals surface area contributed by atoms with Crippen molar-refractivity contribution < 1.29 is 0 Å². The van der Waals surface area contributed by atoms with E-state index in [-0.39, 0.29) is 0 Å². The summed E-state index contributed by atoms with van der Waals surface area (Å²) in [6.45, 7) is 2.18. The van der Waals surface area contributed by atoms with Gasteiger partial charge in [-0.2, -0.15) is 17.0 Å². The van der Waals surface area contributed by atoms with Crippen LogP contribution >= 0.6 is 11.8 Å². The maximum Gasteiger partial charge on any atom is 0.132 e. The van der Waals surface area contributed by atoms with E-state index in [0.29, 0.717) is 0 Å². The van der Waals surface area contributed by atoms with Crippen LogP contribution in [0.1, 0.15) is 25.3 Å². The van der Waals surface area contributed by atoms with E-state index in [4.69, 9.17) is 0 Å². The molecule has 0 aliphatic heterocycles. The van der Waals surface area contributed by atoms with Crippen molar-refractivity contribution in [3.8, 4) is 6.07 Å². The lowest BCUT2D eigenvalue weighted by Crippen LogP contribution is -2.39. The Balaban J connectivity index is 2.73. The molecule has 1 atom stereocenters. The molecule has 0 aromatic heterocycles. The molecule has 17 heavy (non-hydrogen) atoms. The molecule has 92 valence electrons. The second kappa shape index (κ2) is 7.37. The lowest BCUT2D eigenvalue weighted by molar-refractivity contribution is 0.457. The summed E-state index contributed by atoms with van der Waals surface area (Å²) in [5.41, 5.74) is 0.518. The van der Waals surface area contributed by atoms with E-state index >= 15 is 0 Å². The van der Waals surface area contributed by atoms with Gasteiger partial charge in [0.05, 0.1) is 6.07 Å². The highest BCUT2D eigenvalue weighted by Gasteiger charge is 2.29. The number of benzene rings is 1. The SMILES string of the molecule is CCCSCCC(C#N)(NC)c1ccccc1. The third-order valence-corrected chi connectivity index (χ3v) is 4.04. The number of nitrogens with zero attached hydrogens (tertiary/aromatic N) is 1. The lowest BCUT2D eigenvalue weighted by Gasteiger charge is -2.26. The molecular formula is C14H20N2S. The van der Waals surface area contributed by atoms with Crippen LogP contribution in [0.4, 0.5) is 0 Å². The van der Waals surface area contributed by atoms with Crippen LogP contribution in [0.25, 0.3) is 0 Å². The van der Waals surface area contributed by atoms with Crippen molar-refractivity contribution in [2.45, 2.75) is 25.3 Å². The van der Waals surface area contributed by atoms with Gasteiger partial charge in [-0.05, 0) is 37.0 Å². The highest BCUT2D eigenvalue weighted by molar-refractivity contribution is 7.99. The Morgan fingerprint density at radius 2 is 2.00 bits per heavy atom. The van der Waals surface area contributed by atoms with E-state index in [1.165, 1.54) is 12.2 Å². The van der Waals surface area contributed by atoms with Crippen LogP contribution < -0.4 is 5.32 Å². The van der Waals surface area contributed by atoms with Crippen molar-refractivity contribution in [2.75, 3.05) is 18.6 Å². The van der Waals surface area contributed by atoms with Gasteiger partial charge in [-0.3, -0.25) is 5.32 Å². The number of thioether (sulfide) groups is 1. The van der Waals surface area contributed by atoms with Crippen molar-refractivity contribution in [1.29, 1.82) is 5.26 Å². The van der Waals surface area contributed by atoms with Gasteiger partial charge in [0.1, 0.15) is 5.54 Å². The Morgan fingerprint density at radius 1 is 1.29 bits per heavy atom. The zero-order valence-corrected chi connectivity index (χ0v) is 11.4. The summed E-state index contributed by atoms with van der Waals surface area (Å²) in [6, 6.07) is 12.4. The van der Waals surface area contributed by atoms with Gasteiger partial charge in [0.25, 0.3) is 0 Å². The largest absolute Gasteiger partial charge is 0.299 e. The molecule has 0 fully saturated rings. The Kier molecular flexibility index (Phi) is 6.10. The summed E-state index contributed by atoms with van der Waals surface area (Å²) in [4.78, 5) is 0. The zero-order chi connectivity index (χ0) is 12.6. The molecule has 0 radical (unpaired) electrons. The molecule has 0 aliphatic rings. The second-order valence-electron chi connectivity index (χ2n) is 4.00. The topological polar surface area (TPSA) is 35.8 Å². The van der Waals surface area contributed by atoms with Crippen LogP contribution in [0.5, 0.6) is 0 Å². The minimum atomic E-state index is -0.540. The van der Waals surface area contributed by atoms with Crippen LogP contribution in [-0.4, -0.2) is 18.6 Å². The molecule has 0 aliphatic carbocycles. The maximum absolute atomic E-state index is 9.46. The van der Waals surface area contributed by atoms with Crippen LogP contribution in [-0.2, 0) is 5.54 Å². The molecule has 0 heterocycles. The molecule has 3 heteroatoms. The molecule has 1 rings (SSSR count). The number of nitriles is 1. The average molecular weight is 248 g/mol. The second-order valence-corrected chi connectivity index (χ2v) is 5.22. The van der Waals surface area contributed by atoms with E-state index in [2.05, 4.69) is 18.3 Å². The van der Waals surface area contributed by atoms with Crippen molar-refractivity contribution in [2.24, 2.45) is 0 Å². The molecule has 1 unspecified atom stereocenters. The highest BCUT2D eigenvalue weighted by Crippen LogP contribution is 2.25. The van der Waals surface area contributed by atoms with Gasteiger partial charge in [0.15, 0.2) is 0 Å². The number of hydrogen-bond donors (Lipinski definition) is 1. The third-order valence-electron chi connectivity index (χ3n) is 2.85. The Labute approximate surface area is 108 Å². The summed E-state index contributed by atoms with van der Waals surface area (Å²) in [5, 5.41) is 12.6. The molecule has 1 N–H and O–H groups in total. The predicted octanol–water partition coefficient (Wildman–Crippen LogP) is 3.16. The fourth-order valence-electron chi connectivity index (χ4n) is 1.78. The fraction of sp³-hybridized carbons (Fsp3) is 0.500. The van der Waals surface area contributed by atoms with Gasteiger partial charge in [-0.1, -0.05) is 37.3 Å². The van der Waals surface area contributed by atoms with E-state index in [1.807, 2.05) is 49.1 Å². The Hall–Kier alpha value is -0.980. The molecule has 1 aromatic rings. The minimum Gasteiger partial charge on any atom is -0.299 e. The quantitative estimate of drug-likeness (QED) is 0.753. The first-order valence-corrected chi connectivity index (χ1v) is 7.18. The Bertz CT molecular complexity index is 358. The van der Waals surface area contributed by atoms with Gasteiger partial charge < -0.3 is 0 Å². The van der Waals surface area contributed by atoms with Gasteiger partial charge >= 0.3 is 0 Å². The third kappa shape index (κ3) is 3.76. The Morgan fingerprint density at radius 3 is 2.53 bits per heavy atom. The summed E-state index contributed by atoms with van der Waals surface area (Å²) in [5.74, 6) is 2.18. The molecule has 0 saturated heterocycles. The monoisotopic (exact) mass is 248 g/mol. The molecule has 0 bridgehead atoms. The van der Waals surface area contributed by atoms with E-state index in [1.54, 1.807) is 0 Å². The van der Waals surface area contributed by atoms with Crippen molar-refractivity contribution in [3.05, 3.63) is 35.9 Å². The van der Waals surface area contributed by atoms with Gasteiger partial charge in [0.2, 0.25) is 0 Å². The first kappa shape index (κ1) is 14.1. The van der Waals surface area contributed by atoms with Gasteiger partial charge in [0, 0.05) is 0 Å². The maximum atomic E-state index is 9.46. The standard InChI is InChI=1S/C14H20N2S/c1-3-10-17-11-9-14(12-15,16-2)13-7-5-4-6-8-13/h4-8,16H,3,9-11H2,1-2H3. The molecule has 0 saturated carbocycles. The zero-order valence-electron chi connectivity index (χ0n) is 10.6. The summed E-state index contributed by atoms with van der Waals surface area (Å²) in [6.07, 6.45) is 2.03. The van der Waals surface area contributed by atoms with Crippen molar-refractivity contribution >= 4 is 11.8 Å². The smallest absolute Gasteiger partial charge is 0.132 e. The normalized spacial score (nSPS) is 13.9. The molecule has 1 aromatic carbocycles. The van der Waals surface area contributed by atoms with Crippen LogP contribution in [0.15, 0.2) is 30.3 Å². The average Bonchev–Trinajstić information content (AvgIpc) is 2.41. The summed E-state index contributed by atoms with van der Waals surface area (Å²) < 4.78 is 0. The first-order chi connectivity index (χ1) is 8.29. The van der Waals surface area contributed by atoms with Crippen molar-refractivity contribution in [3.63, 3.8) is 0 Å². The van der Waals surface area contributed by atoms with E-state index < -0.39 is 5.54 Å². The van der Waals surface area contributed by atoms with Crippen molar-refractivity contribution in [1.82, 2.24) is 5.32 Å². The summed E-state index contributed by atoms with van der Waals surface area (Å²) in [7, 11) is 1.86. The number of nitrogens with one attached hydrogen (secondary N) is 1. The minimum absolute atomic E-state index is 0.540. The van der Waals surface area contributed by atoms with Crippen LogP contribution in [0, 0.1) is 11.3 Å². The van der Waals surface area contributed by atoms with Crippen LogP contribution in [0.3, 0.4) is 0 Å². The van der Waals surface area contributed by atoms with E-state index in [9.17, 15) is 5.26 Å². The number of rotatable bonds is 7. The van der Waals surface area contributed by atoms with Crippen LogP contribution in [0.2, 0.25) is 0 Å². The molecule has 0 amide bonds. The van der Waals surface area contributed by atoms with Gasteiger partial charge in [-0.15, -0.1) is 0 Å². The number of hydrogen-bond acceptors (Lipinski definition) is 3.